The number of halogens is 1. The Balaban J connectivity index is 1.18. The highest BCUT2D eigenvalue weighted by molar-refractivity contribution is 5.41. The molecule has 9 atom stereocenters. The van der Waals surface area contributed by atoms with Crippen LogP contribution in [0.15, 0.2) is 23.3 Å². The van der Waals surface area contributed by atoms with Crippen LogP contribution in [-0.4, -0.2) is 30.2 Å². The molecule has 7 aliphatic rings. The van der Waals surface area contributed by atoms with Crippen molar-refractivity contribution in [2.75, 3.05) is 19.8 Å². The third kappa shape index (κ3) is 3.21. The Morgan fingerprint density at radius 2 is 1.67 bits per heavy atom. The predicted molar refractivity (Wildman–Crippen MR) is 147 cm³/mol. The molecule has 1 saturated heterocycles. The average Bonchev–Trinajstić information content (AvgIpc) is 3.62. The van der Waals surface area contributed by atoms with Gasteiger partial charge in [-0.2, -0.15) is 0 Å². The summed E-state index contributed by atoms with van der Waals surface area (Å²) in [7, 11) is 0. The van der Waals surface area contributed by atoms with Gasteiger partial charge in [0.2, 0.25) is 0 Å². The highest BCUT2D eigenvalue weighted by Crippen LogP contribution is 2.72. The molecule has 8 unspecified atom stereocenters. The molecule has 1 nitrogen and oxygen atoms in total. The molecule has 6 aliphatic carbocycles. The molecule has 1 heterocycles. The Hall–Kier alpha value is -0.630. The van der Waals surface area contributed by atoms with E-state index in [1.165, 1.54) is 77.3 Å². The van der Waals surface area contributed by atoms with Crippen LogP contribution in [0.1, 0.15) is 111 Å². The molecule has 0 spiro atoms. The van der Waals surface area contributed by atoms with Gasteiger partial charge in [0.05, 0.1) is 6.67 Å². The van der Waals surface area contributed by atoms with E-state index in [9.17, 15) is 4.39 Å². The summed E-state index contributed by atoms with van der Waals surface area (Å²) >= 11 is 0. The first-order valence-electron chi connectivity index (χ1n) is 15.9. The number of hydrogen-bond donors (Lipinski definition) is 0. The van der Waals surface area contributed by atoms with Gasteiger partial charge in [-0.3, -0.25) is 9.29 Å². The number of rotatable bonds is 3. The van der Waals surface area contributed by atoms with E-state index in [1.807, 2.05) is 0 Å². The fourth-order valence-electron chi connectivity index (χ4n) is 12.7. The number of alkyl halides is 1. The van der Waals surface area contributed by atoms with Crippen molar-refractivity contribution in [3.8, 4) is 0 Å². The molecule has 0 aromatic heterocycles. The standard InChI is InChI=1S/C34H52FN/c1-31(2)26(24-9-7-23(22-35)8-10-24)13-17-33(4)29(31)15-18-32(3)27-14-19-34(36-20-21-36)16-5-6-28(34)25(27)11-12-30(32)33/h9,13,23,25,27-30H,5-8,10-12,14-22H2,1-4H3/t23?,25?,27?,28-,29?,30?,32?,33?,34?/m1/s1. The van der Waals surface area contributed by atoms with Crippen molar-refractivity contribution >= 4 is 0 Å². The summed E-state index contributed by atoms with van der Waals surface area (Å²) in [5, 5.41) is 0. The van der Waals surface area contributed by atoms with Crippen molar-refractivity contribution in [2.45, 2.75) is 117 Å². The van der Waals surface area contributed by atoms with Crippen molar-refractivity contribution in [1.29, 1.82) is 0 Å². The van der Waals surface area contributed by atoms with Gasteiger partial charge in [0.1, 0.15) is 0 Å². The SMILES string of the molecule is CC1(C)C(C2=CCC(CF)CC2)=CCC2(C)C1CCC1(C)C3CCC4(N5CC5)CCC[C@@H]4C3CCC12. The van der Waals surface area contributed by atoms with Crippen LogP contribution in [0, 0.1) is 51.8 Å². The summed E-state index contributed by atoms with van der Waals surface area (Å²) in [4.78, 5) is 2.90. The number of hydrogen-bond acceptors (Lipinski definition) is 1. The van der Waals surface area contributed by atoms with Gasteiger partial charge in [-0.25, -0.2) is 0 Å². The minimum Gasteiger partial charge on any atom is -0.295 e. The summed E-state index contributed by atoms with van der Waals surface area (Å²) in [6, 6.07) is 0. The highest BCUT2D eigenvalue weighted by Gasteiger charge is 2.66. The van der Waals surface area contributed by atoms with E-state index in [1.54, 1.807) is 11.1 Å². The largest absolute Gasteiger partial charge is 0.295 e. The van der Waals surface area contributed by atoms with Crippen molar-refractivity contribution < 1.29 is 4.39 Å². The molecule has 7 rings (SSSR count). The van der Waals surface area contributed by atoms with Crippen LogP contribution in [0.4, 0.5) is 4.39 Å². The van der Waals surface area contributed by atoms with Crippen molar-refractivity contribution in [1.82, 2.24) is 4.90 Å². The molecule has 0 N–H and O–H groups in total. The molecule has 36 heavy (non-hydrogen) atoms. The van der Waals surface area contributed by atoms with Crippen molar-refractivity contribution in [3.05, 3.63) is 23.3 Å². The fourth-order valence-corrected chi connectivity index (χ4v) is 12.7. The summed E-state index contributed by atoms with van der Waals surface area (Å²) in [5.74, 6) is 4.91. The lowest BCUT2D eigenvalue weighted by atomic mass is 9.37. The zero-order chi connectivity index (χ0) is 24.9. The first kappa shape index (κ1) is 24.4. The van der Waals surface area contributed by atoms with Crippen molar-refractivity contribution in [3.63, 3.8) is 0 Å². The average molecular weight is 494 g/mol. The van der Waals surface area contributed by atoms with E-state index in [2.05, 4.69) is 44.7 Å². The molecule has 2 heteroatoms. The van der Waals surface area contributed by atoms with Gasteiger partial charge in [-0.05, 0) is 140 Å². The van der Waals surface area contributed by atoms with Gasteiger partial charge in [0.15, 0.2) is 0 Å². The minimum atomic E-state index is -0.144. The summed E-state index contributed by atoms with van der Waals surface area (Å²) in [6.07, 6.45) is 22.9. The Bertz CT molecular complexity index is 958. The molecule has 4 saturated carbocycles. The molecule has 0 aromatic rings. The molecule has 0 radical (unpaired) electrons. The molecule has 1 aliphatic heterocycles. The van der Waals surface area contributed by atoms with Crippen LogP contribution >= 0.6 is 0 Å². The first-order valence-corrected chi connectivity index (χ1v) is 15.9. The Morgan fingerprint density at radius 1 is 0.833 bits per heavy atom. The van der Waals surface area contributed by atoms with Gasteiger partial charge in [-0.1, -0.05) is 46.3 Å². The second-order valence-corrected chi connectivity index (χ2v) is 15.7. The van der Waals surface area contributed by atoms with Crippen LogP contribution in [0.2, 0.25) is 0 Å². The third-order valence-corrected chi connectivity index (χ3v) is 14.2. The van der Waals surface area contributed by atoms with Crippen LogP contribution < -0.4 is 0 Å². The lowest BCUT2D eigenvalue weighted by molar-refractivity contribution is -0.178. The van der Waals surface area contributed by atoms with E-state index >= 15 is 0 Å². The van der Waals surface area contributed by atoms with Crippen LogP contribution in [0.25, 0.3) is 0 Å². The second kappa shape index (κ2) is 8.19. The lowest BCUT2D eigenvalue weighted by Crippen LogP contribution is -2.62. The maximum Gasteiger partial charge on any atom is 0.0925 e. The highest BCUT2D eigenvalue weighted by atomic mass is 19.1. The van der Waals surface area contributed by atoms with E-state index in [0.29, 0.717) is 16.4 Å². The Labute approximate surface area is 220 Å². The molecule has 5 fully saturated rings. The quantitative estimate of drug-likeness (QED) is 0.355. The number of fused-ring (bicyclic) bond motifs is 7. The topological polar surface area (TPSA) is 3.01 Å². The summed E-state index contributed by atoms with van der Waals surface area (Å²) in [5.41, 5.74) is 5.06. The van der Waals surface area contributed by atoms with Gasteiger partial charge < -0.3 is 0 Å². The van der Waals surface area contributed by atoms with Crippen molar-refractivity contribution in [2.24, 2.45) is 51.8 Å². The van der Waals surface area contributed by atoms with E-state index in [0.717, 1.165) is 48.9 Å². The van der Waals surface area contributed by atoms with Gasteiger partial charge in [0.25, 0.3) is 0 Å². The van der Waals surface area contributed by atoms with E-state index in [4.69, 9.17) is 0 Å². The Morgan fingerprint density at radius 3 is 2.39 bits per heavy atom. The number of nitrogens with zero attached hydrogens (tertiary/aromatic N) is 1. The molecule has 0 aromatic carbocycles. The smallest absolute Gasteiger partial charge is 0.0925 e. The Kier molecular flexibility index (Phi) is 5.55. The normalized spacial score (nSPS) is 51.8. The molecule has 200 valence electrons. The fraction of sp³-hybridized carbons (Fsp3) is 0.882. The zero-order valence-corrected chi connectivity index (χ0v) is 23.8. The zero-order valence-electron chi connectivity index (χ0n) is 23.8. The molecular formula is C34H52FN. The van der Waals surface area contributed by atoms with E-state index in [-0.39, 0.29) is 18.0 Å². The number of allylic oxidation sites excluding steroid dienone is 4. The summed E-state index contributed by atoms with van der Waals surface area (Å²) in [6.45, 7) is 13.3. The van der Waals surface area contributed by atoms with Gasteiger partial charge in [-0.15, -0.1) is 0 Å². The second-order valence-electron chi connectivity index (χ2n) is 15.7. The van der Waals surface area contributed by atoms with Crippen LogP contribution in [0.5, 0.6) is 0 Å². The predicted octanol–water partition coefficient (Wildman–Crippen LogP) is 8.75. The molecule has 0 amide bonds. The van der Waals surface area contributed by atoms with E-state index < -0.39 is 0 Å². The van der Waals surface area contributed by atoms with Crippen LogP contribution in [0.3, 0.4) is 0 Å². The maximum atomic E-state index is 13.3. The molecule has 0 bridgehead atoms. The minimum absolute atomic E-state index is 0.144. The molecular weight excluding hydrogens is 441 g/mol. The van der Waals surface area contributed by atoms with Gasteiger partial charge >= 0.3 is 0 Å². The first-order chi connectivity index (χ1) is 17.2. The lowest BCUT2D eigenvalue weighted by Gasteiger charge is -2.68. The third-order valence-electron chi connectivity index (χ3n) is 14.2. The van der Waals surface area contributed by atoms with Crippen LogP contribution in [-0.2, 0) is 0 Å². The maximum absolute atomic E-state index is 13.3. The monoisotopic (exact) mass is 493 g/mol. The summed E-state index contributed by atoms with van der Waals surface area (Å²) < 4.78 is 13.3. The van der Waals surface area contributed by atoms with Gasteiger partial charge in [0, 0.05) is 18.6 Å².